The molecule has 0 aliphatic heterocycles. The largest absolute Gasteiger partial charge is 0.444 e. The molecule has 2 N–H and O–H groups in total. The predicted molar refractivity (Wildman–Crippen MR) is 99.4 cm³/mol. The van der Waals surface area contributed by atoms with E-state index in [1.54, 1.807) is 6.20 Å². The van der Waals surface area contributed by atoms with Crippen LogP contribution in [0.5, 0.6) is 0 Å². The number of ether oxygens (including phenoxy) is 1. The number of amides is 1. The summed E-state index contributed by atoms with van der Waals surface area (Å²) in [5, 5.41) is 10.4. The summed E-state index contributed by atoms with van der Waals surface area (Å²) in [4.78, 5) is 14.7. The minimum atomic E-state index is -0.462. The molecule has 25 heavy (non-hydrogen) atoms. The van der Waals surface area contributed by atoms with Crippen molar-refractivity contribution in [2.75, 3.05) is 13.1 Å². The van der Waals surface area contributed by atoms with Crippen LogP contribution < -0.4 is 5.32 Å². The summed E-state index contributed by atoms with van der Waals surface area (Å²) in [7, 11) is 0. The van der Waals surface area contributed by atoms with Crippen molar-refractivity contribution in [3.63, 3.8) is 0 Å². The van der Waals surface area contributed by atoms with Crippen molar-refractivity contribution in [3.8, 4) is 0 Å². The second kappa shape index (κ2) is 9.22. The van der Waals surface area contributed by atoms with Gasteiger partial charge in [-0.25, -0.2) is 4.79 Å². The molecular formula is C19H34N4O2. The molecule has 1 aromatic rings. The van der Waals surface area contributed by atoms with Crippen molar-refractivity contribution < 1.29 is 9.53 Å². The number of nitrogens with zero attached hydrogens (tertiary/aromatic N) is 2. The number of nitrogens with one attached hydrogen (secondary N) is 2. The van der Waals surface area contributed by atoms with Crippen LogP contribution in [0.1, 0.15) is 78.0 Å². The van der Waals surface area contributed by atoms with Gasteiger partial charge in [-0.2, -0.15) is 5.10 Å². The Kier molecular flexibility index (Phi) is 7.29. The van der Waals surface area contributed by atoms with Gasteiger partial charge >= 0.3 is 6.09 Å². The first-order valence-corrected chi connectivity index (χ1v) is 9.59. The summed E-state index contributed by atoms with van der Waals surface area (Å²) in [6, 6.07) is 2.44. The molecule has 1 aliphatic rings. The Labute approximate surface area is 151 Å². The first kappa shape index (κ1) is 19.8. The highest BCUT2D eigenvalue weighted by Crippen LogP contribution is 2.23. The van der Waals surface area contributed by atoms with E-state index in [0.717, 1.165) is 25.1 Å². The van der Waals surface area contributed by atoms with E-state index in [9.17, 15) is 4.79 Å². The highest BCUT2D eigenvalue weighted by Gasteiger charge is 2.28. The number of carbonyl (C=O) groups is 1. The SMILES string of the molecule is CC(NCCN(C(=O)OC(C)(C)C)C1CCCCCC1)c1ccn[nH]1. The van der Waals surface area contributed by atoms with E-state index in [2.05, 4.69) is 22.4 Å². The van der Waals surface area contributed by atoms with Crippen LogP contribution in [0.4, 0.5) is 4.79 Å². The Bertz CT molecular complexity index is 502. The van der Waals surface area contributed by atoms with Crippen LogP contribution in [0.25, 0.3) is 0 Å². The number of hydrogen-bond acceptors (Lipinski definition) is 4. The van der Waals surface area contributed by atoms with E-state index < -0.39 is 5.60 Å². The Morgan fingerprint density at radius 1 is 1.36 bits per heavy atom. The fourth-order valence-electron chi connectivity index (χ4n) is 3.33. The second-order valence-electron chi connectivity index (χ2n) is 8.01. The van der Waals surface area contributed by atoms with E-state index in [4.69, 9.17) is 4.74 Å². The number of H-pyrrole nitrogens is 1. The minimum Gasteiger partial charge on any atom is -0.444 e. The molecular weight excluding hydrogens is 316 g/mol. The highest BCUT2D eigenvalue weighted by atomic mass is 16.6. The number of hydrogen-bond donors (Lipinski definition) is 2. The molecule has 1 atom stereocenters. The molecule has 1 amide bonds. The molecule has 142 valence electrons. The van der Waals surface area contributed by atoms with Crippen molar-refractivity contribution >= 4 is 6.09 Å². The van der Waals surface area contributed by atoms with Gasteiger partial charge in [-0.3, -0.25) is 5.10 Å². The molecule has 1 fully saturated rings. The van der Waals surface area contributed by atoms with Crippen LogP contribution >= 0.6 is 0 Å². The summed E-state index contributed by atoms with van der Waals surface area (Å²) in [6.07, 6.45) is 8.66. The Morgan fingerprint density at radius 3 is 2.60 bits per heavy atom. The fourth-order valence-corrected chi connectivity index (χ4v) is 3.33. The standard InChI is InChI=1S/C19H34N4O2/c1-15(17-11-12-21-22-17)20-13-14-23(18(24)25-19(2,3)4)16-9-7-5-6-8-10-16/h11-12,15-16,20H,5-10,13-14H2,1-4H3,(H,21,22). The van der Waals surface area contributed by atoms with Crippen LogP contribution in [0.3, 0.4) is 0 Å². The van der Waals surface area contributed by atoms with Gasteiger partial charge in [-0.1, -0.05) is 25.7 Å². The maximum atomic E-state index is 12.7. The van der Waals surface area contributed by atoms with E-state index in [0.29, 0.717) is 12.6 Å². The molecule has 0 saturated heterocycles. The van der Waals surface area contributed by atoms with Gasteiger partial charge in [0.15, 0.2) is 0 Å². The number of carbonyl (C=O) groups excluding carboxylic acids is 1. The van der Waals surface area contributed by atoms with Gasteiger partial charge in [0.05, 0.1) is 5.69 Å². The van der Waals surface area contributed by atoms with Crippen molar-refractivity contribution in [1.82, 2.24) is 20.4 Å². The first-order chi connectivity index (χ1) is 11.9. The lowest BCUT2D eigenvalue weighted by molar-refractivity contribution is 0.0146. The van der Waals surface area contributed by atoms with Crippen LogP contribution in [0.2, 0.25) is 0 Å². The van der Waals surface area contributed by atoms with Crippen molar-refractivity contribution in [3.05, 3.63) is 18.0 Å². The highest BCUT2D eigenvalue weighted by molar-refractivity contribution is 5.68. The van der Waals surface area contributed by atoms with Gasteiger partial charge in [0.25, 0.3) is 0 Å². The molecule has 0 spiro atoms. The maximum absolute atomic E-state index is 12.7. The topological polar surface area (TPSA) is 70.2 Å². The molecule has 2 rings (SSSR count). The third kappa shape index (κ3) is 6.69. The van der Waals surface area contributed by atoms with Gasteiger partial charge in [-0.15, -0.1) is 0 Å². The summed E-state index contributed by atoms with van der Waals surface area (Å²) < 4.78 is 5.67. The van der Waals surface area contributed by atoms with Gasteiger partial charge < -0.3 is 15.0 Å². The molecule has 1 aliphatic carbocycles. The quantitative estimate of drug-likeness (QED) is 0.760. The van der Waals surface area contributed by atoms with E-state index >= 15 is 0 Å². The molecule has 6 heteroatoms. The zero-order valence-electron chi connectivity index (χ0n) is 16.2. The lowest BCUT2D eigenvalue weighted by Crippen LogP contribution is -2.46. The molecule has 0 radical (unpaired) electrons. The molecule has 1 heterocycles. The zero-order chi connectivity index (χ0) is 18.3. The Balaban J connectivity index is 1.94. The number of rotatable bonds is 6. The molecule has 1 unspecified atom stereocenters. The lowest BCUT2D eigenvalue weighted by Gasteiger charge is -2.33. The monoisotopic (exact) mass is 350 g/mol. The van der Waals surface area contributed by atoms with Crippen molar-refractivity contribution in [2.45, 2.75) is 83.9 Å². The van der Waals surface area contributed by atoms with E-state index in [-0.39, 0.29) is 12.1 Å². The summed E-state index contributed by atoms with van der Waals surface area (Å²) >= 11 is 0. The van der Waals surface area contributed by atoms with Gasteiger partial charge in [0.1, 0.15) is 5.60 Å². The van der Waals surface area contributed by atoms with Gasteiger partial charge in [-0.05, 0) is 46.6 Å². The van der Waals surface area contributed by atoms with Crippen LogP contribution in [0.15, 0.2) is 12.3 Å². The second-order valence-corrected chi connectivity index (χ2v) is 8.01. The van der Waals surface area contributed by atoms with Crippen LogP contribution in [0, 0.1) is 0 Å². The molecule has 0 aromatic carbocycles. The van der Waals surface area contributed by atoms with Gasteiger partial charge in [0, 0.05) is 31.4 Å². The normalized spacial score (nSPS) is 17.8. The van der Waals surface area contributed by atoms with E-state index in [1.807, 2.05) is 31.7 Å². The third-order valence-corrected chi connectivity index (χ3v) is 4.69. The summed E-state index contributed by atoms with van der Waals surface area (Å²) in [5.41, 5.74) is 0.592. The average molecular weight is 351 g/mol. The third-order valence-electron chi connectivity index (χ3n) is 4.69. The maximum Gasteiger partial charge on any atom is 0.410 e. The van der Waals surface area contributed by atoms with E-state index in [1.165, 1.54) is 25.7 Å². The Morgan fingerprint density at radius 2 is 2.04 bits per heavy atom. The molecule has 1 aromatic heterocycles. The Hall–Kier alpha value is -1.56. The first-order valence-electron chi connectivity index (χ1n) is 9.59. The molecule has 0 bridgehead atoms. The van der Waals surface area contributed by atoms with Gasteiger partial charge in [0.2, 0.25) is 0 Å². The number of aromatic nitrogens is 2. The number of aromatic amines is 1. The fraction of sp³-hybridized carbons (Fsp3) is 0.789. The minimum absolute atomic E-state index is 0.178. The van der Waals surface area contributed by atoms with Crippen LogP contribution in [-0.4, -0.2) is 45.9 Å². The van der Waals surface area contributed by atoms with Crippen molar-refractivity contribution in [2.24, 2.45) is 0 Å². The molecule has 1 saturated carbocycles. The van der Waals surface area contributed by atoms with Crippen molar-refractivity contribution in [1.29, 1.82) is 0 Å². The van der Waals surface area contributed by atoms with Crippen LogP contribution in [-0.2, 0) is 4.74 Å². The predicted octanol–water partition coefficient (Wildman–Crippen LogP) is 4.02. The summed E-state index contributed by atoms with van der Waals surface area (Å²) in [5.74, 6) is 0. The zero-order valence-corrected chi connectivity index (χ0v) is 16.2. The average Bonchev–Trinajstić information content (AvgIpc) is 2.93. The molecule has 6 nitrogen and oxygen atoms in total. The summed E-state index contributed by atoms with van der Waals surface area (Å²) in [6.45, 7) is 9.27. The smallest absolute Gasteiger partial charge is 0.410 e. The lowest BCUT2D eigenvalue weighted by atomic mass is 10.1.